The molecule has 0 bridgehead atoms. The van der Waals surface area contributed by atoms with Crippen LogP contribution in [-0.4, -0.2) is 52.0 Å². The Bertz CT molecular complexity index is 1530. The smallest absolute Gasteiger partial charge is 0.271 e. The number of amides is 3. The molecule has 11 nitrogen and oxygen atoms in total. The molecule has 0 saturated heterocycles. The number of nitrogens with two attached hydrogens (primary N) is 1. The molecule has 1 atom stereocenters. The summed E-state index contributed by atoms with van der Waals surface area (Å²) in [6.07, 6.45) is 6.96. The lowest BCUT2D eigenvalue weighted by Gasteiger charge is -2.22. The lowest BCUT2D eigenvalue weighted by Crippen LogP contribution is -2.36. The second-order valence-electron chi connectivity index (χ2n) is 9.28. The van der Waals surface area contributed by atoms with Gasteiger partial charge in [0, 0.05) is 37.1 Å². The normalized spacial score (nSPS) is 12.1. The van der Waals surface area contributed by atoms with Crippen molar-refractivity contribution >= 4 is 52.7 Å². The molecule has 0 spiro atoms. The predicted molar refractivity (Wildman–Crippen MR) is 161 cm³/mol. The summed E-state index contributed by atoms with van der Waals surface area (Å²) < 4.78 is 48.5. The summed E-state index contributed by atoms with van der Waals surface area (Å²) in [4.78, 5) is 44.9. The first-order valence-corrected chi connectivity index (χ1v) is 14.2. The molecule has 3 amide bonds. The van der Waals surface area contributed by atoms with Crippen LogP contribution in [0.3, 0.4) is 0 Å². The highest BCUT2D eigenvalue weighted by molar-refractivity contribution is 7.92. The molecule has 0 aliphatic rings. The highest BCUT2D eigenvalue weighted by Crippen LogP contribution is 2.31. The molecule has 3 rings (SSSR count). The van der Waals surface area contributed by atoms with E-state index in [0.717, 1.165) is 18.2 Å². The zero-order valence-electron chi connectivity index (χ0n) is 23.7. The minimum absolute atomic E-state index is 0.0165. The Labute approximate surface area is 250 Å². The van der Waals surface area contributed by atoms with Crippen LogP contribution in [0.25, 0.3) is 6.08 Å². The largest absolute Gasteiger partial charge is 0.593 e. The number of hydrogen-bond donors (Lipinski definition) is 3. The van der Waals surface area contributed by atoms with Crippen molar-refractivity contribution in [3.8, 4) is 11.5 Å². The summed E-state index contributed by atoms with van der Waals surface area (Å²) >= 11 is -1.40. The van der Waals surface area contributed by atoms with E-state index < -0.39 is 40.4 Å². The lowest BCUT2D eigenvalue weighted by molar-refractivity contribution is -0.121. The number of carbonyl (C=O) groups is 3. The average molecular weight is 613 g/mol. The molecular formula is C29H30F2N6O5S. The van der Waals surface area contributed by atoms with Gasteiger partial charge in [-0.05, 0) is 62.5 Å². The number of benzene rings is 2. The molecule has 2 aromatic carbocycles. The van der Waals surface area contributed by atoms with Gasteiger partial charge in [0.05, 0.1) is 23.2 Å². The molecule has 4 N–H and O–H groups in total. The Balaban J connectivity index is 1.89. The van der Waals surface area contributed by atoms with Crippen LogP contribution in [0.2, 0.25) is 0 Å². The highest BCUT2D eigenvalue weighted by Gasteiger charge is 2.27. The molecule has 0 saturated carbocycles. The van der Waals surface area contributed by atoms with E-state index in [-0.39, 0.29) is 41.0 Å². The molecule has 1 unspecified atom stereocenters. The Morgan fingerprint density at radius 1 is 1.09 bits per heavy atom. The van der Waals surface area contributed by atoms with Crippen molar-refractivity contribution in [1.82, 2.24) is 9.88 Å². The summed E-state index contributed by atoms with van der Waals surface area (Å²) in [6.45, 7) is 3.64. The van der Waals surface area contributed by atoms with Crippen molar-refractivity contribution < 1.29 is 32.5 Å². The topological polar surface area (TPSA) is 153 Å². The second-order valence-corrected chi connectivity index (χ2v) is 10.4. The molecule has 43 heavy (non-hydrogen) atoms. The summed E-state index contributed by atoms with van der Waals surface area (Å²) in [5.74, 6) is -3.47. The van der Waals surface area contributed by atoms with Gasteiger partial charge in [-0.15, -0.1) is 0 Å². The fourth-order valence-corrected chi connectivity index (χ4v) is 3.92. The first kappa shape index (κ1) is 32.6. The van der Waals surface area contributed by atoms with E-state index in [4.69, 9.17) is 10.5 Å². The Hall–Kier alpha value is -4.95. The SMILES string of the molecule is CC(C)N(C)/C=C(/C(=O)Nc1ccc(Oc2cc(N[S+](C)[O-])cnc2C=CN)c(F)c1)C(=O)N(C=O)c1ccc(F)cc1. The Morgan fingerprint density at radius 2 is 1.79 bits per heavy atom. The molecular weight excluding hydrogens is 582 g/mol. The molecule has 3 aromatic rings. The summed E-state index contributed by atoms with van der Waals surface area (Å²) in [6, 6.07) is 9.48. The maximum Gasteiger partial charge on any atom is 0.271 e. The fourth-order valence-electron chi connectivity index (χ4n) is 3.47. The van der Waals surface area contributed by atoms with Gasteiger partial charge in [-0.3, -0.25) is 19.4 Å². The lowest BCUT2D eigenvalue weighted by atomic mass is 10.1. The second kappa shape index (κ2) is 14.8. The van der Waals surface area contributed by atoms with Gasteiger partial charge in [0.15, 0.2) is 17.3 Å². The molecule has 0 fully saturated rings. The number of carbonyl (C=O) groups excluding carboxylic acids is 3. The molecule has 0 radical (unpaired) electrons. The quantitative estimate of drug-likeness (QED) is 0.0901. The van der Waals surface area contributed by atoms with Gasteiger partial charge in [-0.2, -0.15) is 0 Å². The first-order chi connectivity index (χ1) is 20.4. The van der Waals surface area contributed by atoms with Crippen LogP contribution >= 0.6 is 0 Å². The number of aromatic nitrogens is 1. The number of imide groups is 1. The van der Waals surface area contributed by atoms with Crippen LogP contribution in [0.15, 0.2) is 72.7 Å². The third-order valence-electron chi connectivity index (χ3n) is 5.86. The maximum absolute atomic E-state index is 15.1. The zero-order valence-corrected chi connectivity index (χ0v) is 24.5. The van der Waals surface area contributed by atoms with Crippen LogP contribution in [0.5, 0.6) is 11.5 Å². The summed E-state index contributed by atoms with van der Waals surface area (Å²) in [5, 5.41) is 2.46. The van der Waals surface area contributed by atoms with Crippen molar-refractivity contribution in [2.24, 2.45) is 5.73 Å². The number of nitrogens with zero attached hydrogens (tertiary/aromatic N) is 3. The standard InChI is InChI=1S/C29H30F2N6O5S/c1-18(2)36(3)16-23(29(40)37(17-38)22-8-5-19(30)6-9-22)28(39)34-20-7-10-26(24(31)13-20)42-27-14-21(35-43(4)41)15-33-25(27)11-12-32/h5-18,35H,32H2,1-4H3,(H,34,39)/b12-11?,23-16-. The Kier molecular flexibility index (Phi) is 11.2. The van der Waals surface area contributed by atoms with Crippen LogP contribution in [-0.2, 0) is 25.7 Å². The summed E-state index contributed by atoms with van der Waals surface area (Å²) in [5.41, 5.74) is 5.70. The number of halogens is 2. The van der Waals surface area contributed by atoms with Crippen LogP contribution < -0.4 is 25.4 Å². The third-order valence-corrected chi connectivity index (χ3v) is 6.38. The molecule has 1 heterocycles. The molecule has 226 valence electrons. The minimum atomic E-state index is -1.40. The summed E-state index contributed by atoms with van der Waals surface area (Å²) in [7, 11) is 1.63. The van der Waals surface area contributed by atoms with Crippen molar-refractivity contribution in [2.75, 3.05) is 28.2 Å². The highest BCUT2D eigenvalue weighted by atomic mass is 32.2. The van der Waals surface area contributed by atoms with Crippen LogP contribution in [0.1, 0.15) is 19.5 Å². The maximum atomic E-state index is 15.1. The van der Waals surface area contributed by atoms with Crippen molar-refractivity contribution in [2.45, 2.75) is 19.9 Å². The molecule has 14 heteroatoms. The third kappa shape index (κ3) is 8.77. The van der Waals surface area contributed by atoms with Crippen molar-refractivity contribution in [1.29, 1.82) is 0 Å². The van der Waals surface area contributed by atoms with E-state index in [0.29, 0.717) is 10.6 Å². The van der Waals surface area contributed by atoms with Gasteiger partial charge >= 0.3 is 0 Å². The average Bonchev–Trinajstić information content (AvgIpc) is 2.95. The van der Waals surface area contributed by atoms with E-state index >= 15 is 4.39 Å². The van der Waals surface area contributed by atoms with Crippen molar-refractivity contribution in [3.63, 3.8) is 0 Å². The number of hydrogen-bond acceptors (Lipinski definition) is 9. The van der Waals surface area contributed by atoms with Crippen LogP contribution in [0, 0.1) is 11.6 Å². The first-order valence-electron chi connectivity index (χ1n) is 12.7. The van der Waals surface area contributed by atoms with Crippen molar-refractivity contribution in [3.05, 3.63) is 90.0 Å². The van der Waals surface area contributed by atoms with E-state index in [1.54, 1.807) is 11.9 Å². The molecule has 0 aliphatic carbocycles. The molecule has 1 aromatic heterocycles. The van der Waals surface area contributed by atoms with Gasteiger partial charge in [-0.25, -0.2) is 18.4 Å². The number of ether oxygens (including phenoxy) is 1. The minimum Gasteiger partial charge on any atom is -0.593 e. The fraction of sp³-hybridized carbons (Fsp3) is 0.172. The monoisotopic (exact) mass is 612 g/mol. The number of nitrogens with one attached hydrogen (secondary N) is 2. The Morgan fingerprint density at radius 3 is 2.37 bits per heavy atom. The van der Waals surface area contributed by atoms with Gasteiger partial charge in [0.1, 0.15) is 29.0 Å². The van der Waals surface area contributed by atoms with Crippen LogP contribution in [0.4, 0.5) is 25.8 Å². The molecule has 0 aliphatic heterocycles. The number of rotatable bonds is 12. The van der Waals surface area contributed by atoms with E-state index in [1.165, 1.54) is 61.3 Å². The van der Waals surface area contributed by atoms with E-state index in [2.05, 4.69) is 15.0 Å². The van der Waals surface area contributed by atoms with E-state index in [9.17, 15) is 23.3 Å². The number of anilines is 3. The van der Waals surface area contributed by atoms with Gasteiger partial charge in [0.2, 0.25) is 6.41 Å². The zero-order chi connectivity index (χ0) is 31.7. The van der Waals surface area contributed by atoms with Gasteiger partial charge < -0.3 is 25.2 Å². The predicted octanol–water partition coefficient (Wildman–Crippen LogP) is 4.14. The van der Waals surface area contributed by atoms with Gasteiger partial charge in [-0.1, -0.05) is 0 Å². The number of pyridine rings is 1. The van der Waals surface area contributed by atoms with E-state index in [1.807, 2.05) is 13.8 Å². The van der Waals surface area contributed by atoms with Gasteiger partial charge in [0.25, 0.3) is 11.8 Å².